The quantitative estimate of drug-likeness (QED) is 0.691. The number of likely N-dealkylation sites (N-methyl/N-ethyl adjacent to an activating group) is 1. The van der Waals surface area contributed by atoms with Crippen molar-refractivity contribution in [2.75, 3.05) is 27.3 Å². The van der Waals surface area contributed by atoms with Crippen molar-refractivity contribution in [1.82, 2.24) is 9.62 Å². The number of benzene rings is 2. The summed E-state index contributed by atoms with van der Waals surface area (Å²) in [6.07, 6.45) is 0. The van der Waals surface area contributed by atoms with Crippen molar-refractivity contribution in [3.05, 3.63) is 53.6 Å². The van der Waals surface area contributed by atoms with E-state index in [1.807, 2.05) is 19.1 Å². The minimum absolute atomic E-state index is 0.124. The van der Waals surface area contributed by atoms with Crippen molar-refractivity contribution in [3.63, 3.8) is 0 Å². The molecular weight excluding hydrogens is 380 g/mol. The summed E-state index contributed by atoms with van der Waals surface area (Å²) >= 11 is 0. The number of carbonyl (C=O) groups excluding carboxylic acids is 1. The minimum Gasteiger partial charge on any atom is -0.497 e. The highest BCUT2D eigenvalue weighted by Crippen LogP contribution is 2.23. The summed E-state index contributed by atoms with van der Waals surface area (Å²) in [7, 11) is -0.815. The van der Waals surface area contributed by atoms with Crippen molar-refractivity contribution in [2.24, 2.45) is 0 Å². The number of methoxy groups -OCH3 is 1. The van der Waals surface area contributed by atoms with Crippen LogP contribution in [0.4, 0.5) is 0 Å². The van der Waals surface area contributed by atoms with E-state index < -0.39 is 10.0 Å². The van der Waals surface area contributed by atoms with Gasteiger partial charge in [-0.1, -0.05) is 12.1 Å². The van der Waals surface area contributed by atoms with E-state index in [2.05, 4.69) is 5.32 Å². The lowest BCUT2D eigenvalue weighted by Gasteiger charge is -2.18. The van der Waals surface area contributed by atoms with Gasteiger partial charge >= 0.3 is 0 Å². The van der Waals surface area contributed by atoms with Crippen LogP contribution < -0.4 is 14.8 Å². The van der Waals surface area contributed by atoms with Gasteiger partial charge in [0.05, 0.1) is 25.2 Å². The molecule has 0 radical (unpaired) electrons. The molecule has 0 aliphatic carbocycles. The first kappa shape index (κ1) is 21.7. The Bertz CT molecular complexity index is 911. The van der Waals surface area contributed by atoms with E-state index in [1.165, 1.54) is 13.1 Å². The largest absolute Gasteiger partial charge is 0.497 e. The van der Waals surface area contributed by atoms with Gasteiger partial charge in [0, 0.05) is 13.6 Å². The lowest BCUT2D eigenvalue weighted by molar-refractivity contribution is -0.121. The first-order valence-electron chi connectivity index (χ1n) is 8.87. The number of amides is 1. The molecule has 0 aliphatic rings. The van der Waals surface area contributed by atoms with Gasteiger partial charge in [-0.25, -0.2) is 8.42 Å². The number of aryl methyl sites for hydroxylation is 1. The van der Waals surface area contributed by atoms with E-state index in [9.17, 15) is 13.2 Å². The summed E-state index contributed by atoms with van der Waals surface area (Å²) in [6.45, 7) is 4.18. The highest BCUT2D eigenvalue weighted by Gasteiger charge is 2.23. The monoisotopic (exact) mass is 406 g/mol. The molecule has 1 amide bonds. The van der Waals surface area contributed by atoms with Crippen LogP contribution in [-0.2, 0) is 21.4 Å². The lowest BCUT2D eigenvalue weighted by Crippen LogP contribution is -2.38. The van der Waals surface area contributed by atoms with Crippen molar-refractivity contribution >= 4 is 15.9 Å². The molecule has 7 nitrogen and oxygen atoms in total. The first-order chi connectivity index (χ1) is 13.3. The molecule has 2 aromatic rings. The third-order valence-electron chi connectivity index (χ3n) is 4.17. The summed E-state index contributed by atoms with van der Waals surface area (Å²) in [6, 6.07) is 11.9. The number of carbonyl (C=O) groups is 1. The van der Waals surface area contributed by atoms with Crippen LogP contribution in [0.5, 0.6) is 11.5 Å². The number of hydrogen-bond acceptors (Lipinski definition) is 5. The molecule has 28 heavy (non-hydrogen) atoms. The number of ether oxygens (including phenoxy) is 2. The van der Waals surface area contributed by atoms with Gasteiger partial charge in [-0.2, -0.15) is 4.31 Å². The summed E-state index contributed by atoms with van der Waals surface area (Å²) in [4.78, 5) is 12.3. The molecule has 0 saturated heterocycles. The van der Waals surface area contributed by atoms with Gasteiger partial charge < -0.3 is 14.8 Å². The maximum atomic E-state index is 12.7. The maximum absolute atomic E-state index is 12.7. The fraction of sp³-hybridized carbons (Fsp3) is 0.350. The number of hydrogen-bond donors (Lipinski definition) is 1. The predicted octanol–water partition coefficient (Wildman–Crippen LogP) is 2.34. The molecule has 0 heterocycles. The van der Waals surface area contributed by atoms with E-state index >= 15 is 0 Å². The summed E-state index contributed by atoms with van der Waals surface area (Å²) in [5.74, 6) is 0.984. The standard InChI is InChI=1S/C20H26N2O5S/c1-5-27-19-11-10-18(12-15(19)2)28(24,25)22(3)14-20(23)21-13-16-6-8-17(26-4)9-7-16/h6-12H,5,13-14H2,1-4H3,(H,21,23). The molecule has 152 valence electrons. The van der Waals surface area contributed by atoms with E-state index in [0.717, 1.165) is 21.2 Å². The number of nitrogens with one attached hydrogen (secondary N) is 1. The molecule has 2 rings (SSSR count). The summed E-state index contributed by atoms with van der Waals surface area (Å²) in [5, 5.41) is 2.72. The van der Waals surface area contributed by atoms with Gasteiger partial charge in [0.25, 0.3) is 0 Å². The Balaban J connectivity index is 1.98. The Kier molecular flexibility index (Phi) is 7.42. The topological polar surface area (TPSA) is 84.9 Å². The summed E-state index contributed by atoms with van der Waals surface area (Å²) in [5.41, 5.74) is 1.61. The average molecular weight is 407 g/mol. The number of nitrogens with zero attached hydrogens (tertiary/aromatic N) is 1. The van der Waals surface area contributed by atoms with Crippen LogP contribution >= 0.6 is 0 Å². The van der Waals surface area contributed by atoms with Crippen molar-refractivity contribution in [1.29, 1.82) is 0 Å². The number of rotatable bonds is 9. The van der Waals surface area contributed by atoms with Gasteiger partial charge in [-0.3, -0.25) is 4.79 Å². The van der Waals surface area contributed by atoms with Crippen molar-refractivity contribution < 1.29 is 22.7 Å². The molecule has 0 bridgehead atoms. The van der Waals surface area contributed by atoms with E-state index in [4.69, 9.17) is 9.47 Å². The Hall–Kier alpha value is -2.58. The zero-order chi connectivity index (χ0) is 20.7. The second-order valence-corrected chi connectivity index (χ2v) is 8.29. The molecule has 0 saturated carbocycles. The first-order valence-corrected chi connectivity index (χ1v) is 10.3. The van der Waals surface area contributed by atoms with Gasteiger partial charge in [0.15, 0.2) is 0 Å². The van der Waals surface area contributed by atoms with E-state index in [0.29, 0.717) is 18.9 Å². The molecule has 0 fully saturated rings. The Morgan fingerprint density at radius 3 is 2.39 bits per heavy atom. The van der Waals surface area contributed by atoms with E-state index in [-0.39, 0.29) is 17.3 Å². The lowest BCUT2D eigenvalue weighted by atomic mass is 10.2. The van der Waals surface area contributed by atoms with Crippen LogP contribution in [0.2, 0.25) is 0 Å². The van der Waals surface area contributed by atoms with Crippen LogP contribution in [-0.4, -0.2) is 45.9 Å². The Morgan fingerprint density at radius 1 is 1.14 bits per heavy atom. The molecule has 2 aromatic carbocycles. The van der Waals surface area contributed by atoms with Gasteiger partial charge in [0.1, 0.15) is 11.5 Å². The van der Waals surface area contributed by atoms with Crippen molar-refractivity contribution in [3.8, 4) is 11.5 Å². The molecule has 0 aliphatic heterocycles. The molecule has 1 N–H and O–H groups in total. The third-order valence-corrected chi connectivity index (χ3v) is 5.97. The Labute approximate surface area is 166 Å². The average Bonchev–Trinajstić information content (AvgIpc) is 2.68. The van der Waals surface area contributed by atoms with Gasteiger partial charge in [-0.05, 0) is 55.3 Å². The van der Waals surface area contributed by atoms with Crippen LogP contribution in [0.15, 0.2) is 47.4 Å². The third kappa shape index (κ3) is 5.46. The van der Waals surface area contributed by atoms with Crippen LogP contribution in [0.1, 0.15) is 18.1 Å². The SMILES string of the molecule is CCOc1ccc(S(=O)(=O)N(C)CC(=O)NCc2ccc(OC)cc2)cc1C. The minimum atomic E-state index is -3.78. The molecule has 8 heteroatoms. The smallest absolute Gasteiger partial charge is 0.243 e. The zero-order valence-electron chi connectivity index (χ0n) is 16.6. The zero-order valence-corrected chi connectivity index (χ0v) is 17.4. The fourth-order valence-electron chi connectivity index (χ4n) is 2.57. The molecule has 0 atom stereocenters. The molecule has 0 spiro atoms. The normalized spacial score (nSPS) is 11.3. The summed E-state index contributed by atoms with van der Waals surface area (Å²) < 4.78 is 37.0. The maximum Gasteiger partial charge on any atom is 0.243 e. The predicted molar refractivity (Wildman–Crippen MR) is 107 cm³/mol. The molecule has 0 unspecified atom stereocenters. The second kappa shape index (κ2) is 9.57. The molecule has 0 aromatic heterocycles. The Morgan fingerprint density at radius 2 is 1.82 bits per heavy atom. The van der Waals surface area contributed by atoms with Crippen LogP contribution in [0.25, 0.3) is 0 Å². The van der Waals surface area contributed by atoms with Crippen LogP contribution in [0.3, 0.4) is 0 Å². The van der Waals surface area contributed by atoms with E-state index in [1.54, 1.807) is 38.3 Å². The fourth-order valence-corrected chi connectivity index (χ4v) is 3.78. The number of sulfonamides is 1. The van der Waals surface area contributed by atoms with Crippen molar-refractivity contribution in [2.45, 2.75) is 25.3 Å². The second-order valence-electron chi connectivity index (χ2n) is 6.25. The highest BCUT2D eigenvalue weighted by molar-refractivity contribution is 7.89. The van der Waals surface area contributed by atoms with Gasteiger partial charge in [-0.15, -0.1) is 0 Å². The van der Waals surface area contributed by atoms with Gasteiger partial charge in [0.2, 0.25) is 15.9 Å². The van der Waals surface area contributed by atoms with Crippen LogP contribution in [0, 0.1) is 6.92 Å². The highest BCUT2D eigenvalue weighted by atomic mass is 32.2. The molecular formula is C20H26N2O5S.